The van der Waals surface area contributed by atoms with Crippen LogP contribution in [-0.4, -0.2) is 58.9 Å². The fourth-order valence-electron chi connectivity index (χ4n) is 4.12. The van der Waals surface area contributed by atoms with Crippen LogP contribution in [0.15, 0.2) is 66.0 Å². The van der Waals surface area contributed by atoms with E-state index in [9.17, 15) is 29.6 Å². The minimum Gasteiger partial charge on any atom is -0.481 e. The predicted octanol–water partition coefficient (Wildman–Crippen LogP) is 3.56. The molecule has 1 unspecified atom stereocenters. The number of nitro groups is 1. The van der Waals surface area contributed by atoms with Gasteiger partial charge in [-0.05, 0) is 35.7 Å². The number of nitrogens with zero attached hydrogens (tertiary/aromatic N) is 3. The maximum atomic E-state index is 12.9. The lowest BCUT2D eigenvalue weighted by molar-refractivity contribution is -0.384. The van der Waals surface area contributed by atoms with Crippen LogP contribution >= 0.6 is 11.3 Å². The minimum absolute atomic E-state index is 0.0651. The number of benzene rings is 2. The lowest BCUT2D eigenvalue weighted by Gasteiger charge is -2.36. The van der Waals surface area contributed by atoms with Crippen molar-refractivity contribution in [3.8, 4) is 0 Å². The summed E-state index contributed by atoms with van der Waals surface area (Å²) in [5.74, 6) is -1.75. The fourth-order valence-corrected chi connectivity index (χ4v) is 4.90. The number of nitro benzene ring substituents is 1. The molecule has 3 aromatic rings. The van der Waals surface area contributed by atoms with E-state index < -0.39 is 22.8 Å². The van der Waals surface area contributed by atoms with Gasteiger partial charge in [0.2, 0.25) is 0 Å². The highest BCUT2D eigenvalue weighted by Crippen LogP contribution is 2.31. The van der Waals surface area contributed by atoms with E-state index in [1.165, 1.54) is 29.5 Å². The molecule has 1 saturated heterocycles. The smallest absolute Gasteiger partial charge is 0.305 e. The Morgan fingerprint density at radius 2 is 1.72 bits per heavy atom. The Balaban J connectivity index is 1.47. The van der Waals surface area contributed by atoms with Gasteiger partial charge in [-0.3, -0.25) is 24.5 Å². The lowest BCUT2D eigenvalue weighted by atomic mass is 10.1. The van der Waals surface area contributed by atoms with E-state index in [-0.39, 0.29) is 23.6 Å². The van der Waals surface area contributed by atoms with Gasteiger partial charge in [-0.25, -0.2) is 0 Å². The Labute approximate surface area is 210 Å². The van der Waals surface area contributed by atoms with Crippen molar-refractivity contribution in [1.29, 1.82) is 0 Å². The summed E-state index contributed by atoms with van der Waals surface area (Å²) in [6.45, 7) is 1.63. The maximum Gasteiger partial charge on any atom is 0.305 e. The van der Waals surface area contributed by atoms with Crippen LogP contribution in [-0.2, 0) is 4.79 Å². The zero-order valence-corrected chi connectivity index (χ0v) is 20.0. The molecule has 11 heteroatoms. The number of carboxylic acid groups (broad SMARTS) is 1. The van der Waals surface area contributed by atoms with Crippen molar-refractivity contribution in [2.24, 2.45) is 0 Å². The molecule has 1 aromatic heterocycles. The third kappa shape index (κ3) is 5.69. The number of hydrogen-bond donors (Lipinski definition) is 2. The quantitative estimate of drug-likeness (QED) is 0.351. The number of nitrogens with one attached hydrogen (secondary N) is 1. The second-order valence-electron chi connectivity index (χ2n) is 8.25. The standard InChI is InChI=1S/C25H24N4O6S/c30-23(31)16-19(22-7-4-14-36-22)26-24(32)18-8-9-20(21(15-18)29(34)35)27-10-12-28(13-11-27)25(33)17-5-2-1-3-6-17/h1-9,14-15,19H,10-13,16H2,(H,26,32)(H,30,31). The third-order valence-corrected chi connectivity index (χ3v) is 6.92. The highest BCUT2D eigenvalue weighted by Gasteiger charge is 2.28. The molecular weight excluding hydrogens is 484 g/mol. The average Bonchev–Trinajstić information content (AvgIpc) is 3.43. The third-order valence-electron chi connectivity index (χ3n) is 5.93. The second kappa shape index (κ2) is 11.0. The van der Waals surface area contributed by atoms with Crippen LogP contribution in [0.3, 0.4) is 0 Å². The molecule has 0 aliphatic carbocycles. The van der Waals surface area contributed by atoms with Gasteiger partial charge in [0.1, 0.15) is 5.69 Å². The molecule has 2 aromatic carbocycles. The van der Waals surface area contributed by atoms with Gasteiger partial charge in [0.25, 0.3) is 17.5 Å². The van der Waals surface area contributed by atoms with Gasteiger partial charge >= 0.3 is 5.97 Å². The molecule has 0 saturated carbocycles. The van der Waals surface area contributed by atoms with Crippen LogP contribution in [0.25, 0.3) is 0 Å². The number of hydrogen-bond acceptors (Lipinski definition) is 7. The number of carboxylic acids is 1. The number of carbonyl (C=O) groups is 3. The number of aliphatic carboxylic acids is 1. The molecule has 1 aliphatic heterocycles. The Morgan fingerprint density at radius 1 is 1.00 bits per heavy atom. The number of rotatable bonds is 8. The highest BCUT2D eigenvalue weighted by atomic mass is 32.1. The van der Waals surface area contributed by atoms with Gasteiger partial charge in [-0.15, -0.1) is 11.3 Å². The van der Waals surface area contributed by atoms with Crippen molar-refractivity contribution < 1.29 is 24.4 Å². The summed E-state index contributed by atoms with van der Waals surface area (Å²) < 4.78 is 0. The van der Waals surface area contributed by atoms with Crippen LogP contribution in [0.4, 0.5) is 11.4 Å². The summed E-state index contributed by atoms with van der Waals surface area (Å²) in [5, 5.41) is 25.5. The topological polar surface area (TPSA) is 133 Å². The summed E-state index contributed by atoms with van der Waals surface area (Å²) in [7, 11) is 0. The highest BCUT2D eigenvalue weighted by molar-refractivity contribution is 7.10. The molecule has 10 nitrogen and oxygen atoms in total. The van der Waals surface area contributed by atoms with Gasteiger partial charge < -0.3 is 20.2 Å². The Bertz CT molecular complexity index is 1260. The molecule has 0 radical (unpaired) electrons. The largest absolute Gasteiger partial charge is 0.481 e. The van der Waals surface area contributed by atoms with Gasteiger partial charge in [0.05, 0.1) is 17.4 Å². The summed E-state index contributed by atoms with van der Waals surface area (Å²) >= 11 is 1.32. The number of carbonyl (C=O) groups excluding carboxylic acids is 2. The minimum atomic E-state index is -1.07. The zero-order valence-electron chi connectivity index (χ0n) is 19.2. The molecule has 186 valence electrons. The molecule has 2 heterocycles. The summed E-state index contributed by atoms with van der Waals surface area (Å²) in [6, 6.07) is 15.9. The predicted molar refractivity (Wildman–Crippen MR) is 134 cm³/mol. The van der Waals surface area contributed by atoms with Crippen molar-refractivity contribution in [2.75, 3.05) is 31.1 Å². The average molecular weight is 509 g/mol. The lowest BCUT2D eigenvalue weighted by Crippen LogP contribution is -2.49. The van der Waals surface area contributed by atoms with Gasteiger partial charge in [-0.1, -0.05) is 24.3 Å². The Kier molecular flexibility index (Phi) is 7.59. The SMILES string of the molecule is O=C(O)CC(NC(=O)c1ccc(N2CCN(C(=O)c3ccccc3)CC2)c([N+](=O)[O-])c1)c1cccs1. The fraction of sp³-hybridized carbons (Fsp3) is 0.240. The first-order valence-corrected chi connectivity index (χ1v) is 12.1. The monoisotopic (exact) mass is 508 g/mol. The van der Waals surface area contributed by atoms with Gasteiger partial charge in [-0.2, -0.15) is 0 Å². The van der Waals surface area contributed by atoms with Gasteiger partial charge in [0, 0.05) is 48.2 Å². The molecule has 0 spiro atoms. The summed E-state index contributed by atoms with van der Waals surface area (Å²) in [4.78, 5) is 52.4. The zero-order chi connectivity index (χ0) is 25.7. The van der Waals surface area contributed by atoms with Crippen molar-refractivity contribution >= 4 is 40.5 Å². The molecule has 1 atom stereocenters. The van der Waals surface area contributed by atoms with Crippen molar-refractivity contribution in [3.05, 3.63) is 92.2 Å². The first kappa shape index (κ1) is 24.9. The molecule has 1 fully saturated rings. The summed E-state index contributed by atoms with van der Waals surface area (Å²) in [6.07, 6.45) is -0.307. The van der Waals surface area contributed by atoms with Crippen molar-refractivity contribution in [3.63, 3.8) is 0 Å². The van der Waals surface area contributed by atoms with E-state index in [0.717, 1.165) is 0 Å². The van der Waals surface area contributed by atoms with Gasteiger partial charge in [0.15, 0.2) is 0 Å². The van der Waals surface area contributed by atoms with Crippen molar-refractivity contribution in [1.82, 2.24) is 10.2 Å². The second-order valence-corrected chi connectivity index (χ2v) is 9.22. The van der Waals surface area contributed by atoms with E-state index in [4.69, 9.17) is 0 Å². The molecular formula is C25H24N4O6S. The molecule has 2 N–H and O–H groups in total. The van der Waals surface area contributed by atoms with Crippen LogP contribution in [0, 0.1) is 10.1 Å². The van der Waals surface area contributed by atoms with Crippen molar-refractivity contribution in [2.45, 2.75) is 12.5 Å². The van der Waals surface area contributed by atoms with Crippen LogP contribution in [0.1, 0.15) is 38.1 Å². The van der Waals surface area contributed by atoms with E-state index in [1.54, 1.807) is 46.7 Å². The van der Waals surface area contributed by atoms with Crippen LogP contribution < -0.4 is 10.2 Å². The van der Waals surface area contributed by atoms with E-state index >= 15 is 0 Å². The number of piperazine rings is 1. The summed E-state index contributed by atoms with van der Waals surface area (Å²) in [5.41, 5.74) is 0.798. The number of amides is 2. The number of thiophene rings is 1. The van der Waals surface area contributed by atoms with E-state index in [2.05, 4.69) is 5.32 Å². The van der Waals surface area contributed by atoms with Crippen LogP contribution in [0.2, 0.25) is 0 Å². The Hall–Kier alpha value is -4.25. The first-order valence-electron chi connectivity index (χ1n) is 11.3. The Morgan fingerprint density at radius 3 is 2.33 bits per heavy atom. The molecule has 0 bridgehead atoms. The first-order chi connectivity index (χ1) is 17.3. The number of anilines is 1. The molecule has 4 rings (SSSR count). The van der Waals surface area contributed by atoms with Crippen LogP contribution in [0.5, 0.6) is 0 Å². The molecule has 1 aliphatic rings. The maximum absolute atomic E-state index is 12.9. The molecule has 2 amide bonds. The normalized spacial score (nSPS) is 14.2. The van der Waals surface area contributed by atoms with E-state index in [1.807, 2.05) is 11.0 Å². The molecule has 36 heavy (non-hydrogen) atoms. The van der Waals surface area contributed by atoms with E-state index in [0.29, 0.717) is 42.3 Å².